The molecule has 0 amide bonds. The van der Waals surface area contributed by atoms with E-state index >= 15 is 0 Å². The van der Waals surface area contributed by atoms with Gasteiger partial charge in [-0.25, -0.2) is 0 Å². The molecule has 1 N–H and O–H groups in total. The summed E-state index contributed by atoms with van der Waals surface area (Å²) in [6.45, 7) is 7.40. The van der Waals surface area contributed by atoms with E-state index in [4.69, 9.17) is 0 Å². The summed E-state index contributed by atoms with van der Waals surface area (Å²) >= 11 is -1.22. The van der Waals surface area contributed by atoms with Crippen molar-refractivity contribution in [1.29, 1.82) is 0 Å². The lowest BCUT2D eigenvalue weighted by molar-refractivity contribution is -0.127. The smallest absolute Gasteiger partial charge is 0.393 e. The Balaban J connectivity index is 2.69. The summed E-state index contributed by atoms with van der Waals surface area (Å²) in [4.78, 5) is 0. The Morgan fingerprint density at radius 1 is 1.15 bits per heavy atom. The highest BCUT2D eigenvalue weighted by Gasteiger charge is 2.29. The van der Waals surface area contributed by atoms with Crippen molar-refractivity contribution in [1.82, 2.24) is 4.72 Å². The molecule has 0 fully saturated rings. The highest BCUT2D eigenvalue weighted by Crippen LogP contribution is 2.23. The van der Waals surface area contributed by atoms with Crippen LogP contribution in [0.3, 0.4) is 0 Å². The zero-order valence-electron chi connectivity index (χ0n) is 12.0. The Kier molecular flexibility index (Phi) is 5.52. The number of alkyl halides is 3. The third-order valence-corrected chi connectivity index (χ3v) is 4.40. The molecule has 114 valence electrons. The average molecular weight is 307 g/mol. The fourth-order valence-corrected chi connectivity index (χ4v) is 2.37. The fourth-order valence-electron chi connectivity index (χ4n) is 1.56. The van der Waals surface area contributed by atoms with Crippen molar-refractivity contribution in [2.24, 2.45) is 0 Å². The highest BCUT2D eigenvalue weighted by molar-refractivity contribution is 7.90. The van der Waals surface area contributed by atoms with Crippen molar-refractivity contribution in [3.05, 3.63) is 35.4 Å². The van der Waals surface area contributed by atoms with Gasteiger partial charge in [-0.2, -0.15) is 13.2 Å². The second kappa shape index (κ2) is 6.37. The molecule has 0 radical (unpaired) electrons. The van der Waals surface area contributed by atoms with E-state index in [9.17, 15) is 17.7 Å². The van der Waals surface area contributed by atoms with Gasteiger partial charge in [0.25, 0.3) is 0 Å². The standard InChI is InChI=1S/C14H20F3NOS/c1-10(18-20(19)13(2,3)4)12-7-5-11(6-8-12)9-14(15,16)17/h5-8,10,18H,9H2,1-4H3/t10?,20-/m1/s1. The Hall–Kier alpha value is -0.720. The van der Waals surface area contributed by atoms with Crippen LogP contribution in [0.25, 0.3) is 0 Å². The predicted octanol–water partition coefficient (Wildman–Crippen LogP) is 3.90. The minimum atomic E-state index is -4.20. The molecular weight excluding hydrogens is 287 g/mol. The largest absolute Gasteiger partial charge is 0.598 e. The molecule has 0 bridgehead atoms. The lowest BCUT2D eigenvalue weighted by atomic mass is 10.1. The molecule has 0 aliphatic heterocycles. The van der Waals surface area contributed by atoms with Crippen molar-refractivity contribution in [3.8, 4) is 0 Å². The van der Waals surface area contributed by atoms with Gasteiger partial charge in [-0.15, -0.1) is 4.72 Å². The monoisotopic (exact) mass is 307 g/mol. The average Bonchev–Trinajstić information content (AvgIpc) is 2.26. The molecule has 0 saturated carbocycles. The maximum atomic E-state index is 12.3. The molecule has 1 aromatic rings. The van der Waals surface area contributed by atoms with Crippen molar-refractivity contribution >= 4 is 11.4 Å². The number of halogens is 3. The van der Waals surface area contributed by atoms with Crippen molar-refractivity contribution < 1.29 is 17.7 Å². The molecule has 0 saturated heterocycles. The van der Waals surface area contributed by atoms with Crippen LogP contribution in [0.2, 0.25) is 0 Å². The SMILES string of the molecule is CC(N[S@+]([O-])C(C)(C)C)c1ccc(CC(F)(F)F)cc1. The zero-order valence-corrected chi connectivity index (χ0v) is 12.9. The third kappa shape index (κ3) is 5.73. The van der Waals surface area contributed by atoms with Gasteiger partial charge in [0.2, 0.25) is 0 Å². The first-order chi connectivity index (χ1) is 8.99. The molecule has 0 spiro atoms. The second-order valence-corrected chi connectivity index (χ2v) is 7.75. The van der Waals surface area contributed by atoms with E-state index in [1.54, 1.807) is 12.1 Å². The van der Waals surface area contributed by atoms with Gasteiger partial charge in [0.1, 0.15) is 4.75 Å². The van der Waals surface area contributed by atoms with E-state index in [2.05, 4.69) is 4.72 Å². The van der Waals surface area contributed by atoms with Gasteiger partial charge in [-0.1, -0.05) is 24.3 Å². The summed E-state index contributed by atoms with van der Waals surface area (Å²) in [5, 5.41) is 0. The molecule has 1 aromatic carbocycles. The summed E-state index contributed by atoms with van der Waals surface area (Å²) < 4.78 is 51.3. The fraction of sp³-hybridized carbons (Fsp3) is 0.571. The normalized spacial score (nSPS) is 16.0. The first-order valence-corrected chi connectivity index (χ1v) is 7.47. The van der Waals surface area contributed by atoms with Crippen LogP contribution in [0.1, 0.15) is 44.9 Å². The van der Waals surface area contributed by atoms with Crippen LogP contribution < -0.4 is 4.72 Å². The summed E-state index contributed by atoms with van der Waals surface area (Å²) in [5.74, 6) is 0. The Morgan fingerprint density at radius 2 is 1.65 bits per heavy atom. The molecule has 0 aromatic heterocycles. The van der Waals surface area contributed by atoms with Crippen LogP contribution >= 0.6 is 0 Å². The zero-order chi connectivity index (χ0) is 15.6. The van der Waals surface area contributed by atoms with E-state index in [1.165, 1.54) is 12.1 Å². The van der Waals surface area contributed by atoms with Crippen molar-refractivity contribution in [2.75, 3.05) is 0 Å². The minimum absolute atomic E-state index is 0.185. The number of hydrogen-bond acceptors (Lipinski definition) is 2. The number of rotatable bonds is 4. The van der Waals surface area contributed by atoms with Gasteiger partial charge >= 0.3 is 6.18 Å². The van der Waals surface area contributed by atoms with Crippen molar-refractivity contribution in [3.63, 3.8) is 0 Å². The molecule has 0 aliphatic rings. The lowest BCUT2D eigenvalue weighted by Crippen LogP contribution is -2.40. The third-order valence-electron chi connectivity index (χ3n) is 2.72. The molecule has 1 rings (SSSR count). The van der Waals surface area contributed by atoms with Crippen LogP contribution in [0, 0.1) is 0 Å². The predicted molar refractivity (Wildman–Crippen MR) is 75.6 cm³/mol. The van der Waals surface area contributed by atoms with Crippen LogP contribution in [-0.4, -0.2) is 15.5 Å². The Morgan fingerprint density at radius 3 is 2.05 bits per heavy atom. The van der Waals surface area contributed by atoms with Crippen LogP contribution in [-0.2, 0) is 17.8 Å². The molecule has 0 heterocycles. The van der Waals surface area contributed by atoms with Gasteiger partial charge in [-0.3, -0.25) is 0 Å². The molecule has 20 heavy (non-hydrogen) atoms. The van der Waals surface area contributed by atoms with E-state index < -0.39 is 24.0 Å². The van der Waals surface area contributed by atoms with E-state index in [1.807, 2.05) is 27.7 Å². The maximum absolute atomic E-state index is 12.3. The van der Waals surface area contributed by atoms with E-state index in [0.29, 0.717) is 0 Å². The topological polar surface area (TPSA) is 35.1 Å². The molecule has 1 unspecified atom stereocenters. The van der Waals surface area contributed by atoms with E-state index in [0.717, 1.165) is 5.56 Å². The lowest BCUT2D eigenvalue weighted by Gasteiger charge is -2.26. The van der Waals surface area contributed by atoms with Gasteiger partial charge in [-0.05, 0) is 38.8 Å². The second-order valence-electron chi connectivity index (χ2n) is 5.75. The van der Waals surface area contributed by atoms with Gasteiger partial charge < -0.3 is 4.55 Å². The van der Waals surface area contributed by atoms with Crippen LogP contribution in [0.4, 0.5) is 13.2 Å². The Labute approximate surface area is 121 Å². The van der Waals surface area contributed by atoms with Crippen LogP contribution in [0.15, 0.2) is 24.3 Å². The minimum Gasteiger partial charge on any atom is -0.598 e. The first-order valence-electron chi connectivity index (χ1n) is 6.33. The van der Waals surface area contributed by atoms with E-state index in [-0.39, 0.29) is 16.4 Å². The summed E-state index contributed by atoms with van der Waals surface area (Å²) in [7, 11) is 0. The molecule has 2 nitrogen and oxygen atoms in total. The Bertz CT molecular complexity index is 426. The number of nitrogens with one attached hydrogen (secondary N) is 1. The highest BCUT2D eigenvalue weighted by atomic mass is 32.2. The molecular formula is C14H20F3NOS. The maximum Gasteiger partial charge on any atom is 0.393 e. The summed E-state index contributed by atoms with van der Waals surface area (Å²) in [5.41, 5.74) is 1.04. The summed E-state index contributed by atoms with van der Waals surface area (Å²) in [6.07, 6.45) is -5.12. The van der Waals surface area contributed by atoms with Crippen LogP contribution in [0.5, 0.6) is 0 Å². The molecule has 6 heteroatoms. The van der Waals surface area contributed by atoms with Crippen molar-refractivity contribution in [2.45, 2.75) is 51.1 Å². The molecule has 2 atom stereocenters. The van der Waals surface area contributed by atoms with Gasteiger partial charge in [0.05, 0.1) is 12.5 Å². The van der Waals surface area contributed by atoms with Gasteiger partial charge in [0.15, 0.2) is 0 Å². The van der Waals surface area contributed by atoms with Gasteiger partial charge in [0, 0.05) is 11.4 Å². The summed E-state index contributed by atoms with van der Waals surface area (Å²) in [6, 6.07) is 6.01. The number of benzene rings is 1. The first kappa shape index (κ1) is 17.3. The molecule has 0 aliphatic carbocycles. The number of hydrogen-bond donors (Lipinski definition) is 1. The quantitative estimate of drug-likeness (QED) is 0.856.